The van der Waals surface area contributed by atoms with Crippen LogP contribution in [0.3, 0.4) is 0 Å². The highest BCUT2D eigenvalue weighted by atomic mass is 19.4. The Morgan fingerprint density at radius 1 is 1.25 bits per heavy atom. The molecule has 1 fully saturated rings. The van der Waals surface area contributed by atoms with Crippen molar-refractivity contribution >= 4 is 5.78 Å². The predicted molar refractivity (Wildman–Crippen MR) is 53.8 cm³/mol. The average Bonchev–Trinajstić information content (AvgIpc) is 2.14. The smallest absolute Gasteiger partial charge is 0.297 e. The van der Waals surface area contributed by atoms with Crippen LogP contribution >= 0.6 is 0 Å². The Morgan fingerprint density at radius 3 is 2.25 bits per heavy atom. The molecular weight excluding hydrogens is 221 g/mol. The lowest BCUT2D eigenvalue weighted by Gasteiger charge is -2.35. The standard InChI is InChI=1S/C10H17F3N2O/c1-9(2,3)7(16)6-4-5-14-8(15-6)10(11,12)13/h6,8,14-15H,4-5H2,1-3H3. The molecule has 0 aromatic rings. The van der Waals surface area contributed by atoms with Crippen molar-refractivity contribution in [1.82, 2.24) is 10.6 Å². The number of nitrogens with one attached hydrogen (secondary N) is 2. The summed E-state index contributed by atoms with van der Waals surface area (Å²) in [6.07, 6.45) is -5.75. The van der Waals surface area contributed by atoms with Gasteiger partial charge in [0.15, 0.2) is 11.9 Å². The monoisotopic (exact) mass is 238 g/mol. The number of Topliss-reactive ketones (excluding diaryl/α,β-unsaturated/α-hetero) is 1. The van der Waals surface area contributed by atoms with Gasteiger partial charge in [0.05, 0.1) is 6.04 Å². The lowest BCUT2D eigenvalue weighted by atomic mass is 9.84. The second-order valence-corrected chi connectivity index (χ2v) is 5.05. The maximum absolute atomic E-state index is 12.4. The minimum atomic E-state index is -4.36. The van der Waals surface area contributed by atoms with E-state index in [-0.39, 0.29) is 12.3 Å². The van der Waals surface area contributed by atoms with Gasteiger partial charge in [0, 0.05) is 5.41 Å². The van der Waals surface area contributed by atoms with E-state index in [0.29, 0.717) is 6.42 Å². The fourth-order valence-corrected chi connectivity index (χ4v) is 1.66. The molecule has 6 heteroatoms. The van der Waals surface area contributed by atoms with Gasteiger partial charge in [-0.2, -0.15) is 13.2 Å². The number of halogens is 3. The first-order chi connectivity index (χ1) is 7.12. The zero-order valence-corrected chi connectivity index (χ0v) is 9.61. The Kier molecular flexibility index (Phi) is 3.64. The zero-order chi connectivity index (χ0) is 12.6. The third-order valence-electron chi connectivity index (χ3n) is 2.53. The van der Waals surface area contributed by atoms with Crippen LogP contribution in [-0.4, -0.2) is 30.7 Å². The first-order valence-electron chi connectivity index (χ1n) is 5.23. The first kappa shape index (κ1) is 13.4. The highest BCUT2D eigenvalue weighted by Gasteiger charge is 2.44. The van der Waals surface area contributed by atoms with Gasteiger partial charge in [0.2, 0.25) is 0 Å². The summed E-state index contributed by atoms with van der Waals surface area (Å²) >= 11 is 0. The molecule has 94 valence electrons. The molecule has 2 atom stereocenters. The van der Waals surface area contributed by atoms with E-state index < -0.39 is 23.8 Å². The van der Waals surface area contributed by atoms with Gasteiger partial charge in [0.25, 0.3) is 0 Å². The molecular formula is C10H17F3N2O. The molecule has 1 saturated heterocycles. The lowest BCUT2D eigenvalue weighted by molar-refractivity contribution is -0.170. The van der Waals surface area contributed by atoms with Crippen molar-refractivity contribution < 1.29 is 18.0 Å². The summed E-state index contributed by atoms with van der Waals surface area (Å²) in [7, 11) is 0. The second kappa shape index (κ2) is 4.33. The number of hydrogen-bond donors (Lipinski definition) is 2. The number of carbonyl (C=O) groups is 1. The Bertz CT molecular complexity index is 270. The maximum Gasteiger partial charge on any atom is 0.417 e. The fourth-order valence-electron chi connectivity index (χ4n) is 1.66. The van der Waals surface area contributed by atoms with Crippen molar-refractivity contribution in [3.8, 4) is 0 Å². The Morgan fingerprint density at radius 2 is 1.81 bits per heavy atom. The third-order valence-corrected chi connectivity index (χ3v) is 2.53. The zero-order valence-electron chi connectivity index (χ0n) is 9.61. The Hall–Kier alpha value is -0.620. The summed E-state index contributed by atoms with van der Waals surface area (Å²) < 4.78 is 37.3. The van der Waals surface area contributed by atoms with Gasteiger partial charge in [-0.05, 0) is 13.0 Å². The largest absolute Gasteiger partial charge is 0.417 e. The molecule has 1 aliphatic heterocycles. The van der Waals surface area contributed by atoms with Crippen LogP contribution in [0.25, 0.3) is 0 Å². The van der Waals surface area contributed by atoms with Crippen molar-refractivity contribution in [2.75, 3.05) is 6.54 Å². The molecule has 0 aromatic carbocycles. The van der Waals surface area contributed by atoms with Crippen molar-refractivity contribution in [3.63, 3.8) is 0 Å². The molecule has 0 amide bonds. The quantitative estimate of drug-likeness (QED) is 0.726. The molecule has 1 rings (SSSR count). The van der Waals surface area contributed by atoms with Crippen LogP contribution in [0.1, 0.15) is 27.2 Å². The minimum absolute atomic E-state index is 0.178. The summed E-state index contributed by atoms with van der Waals surface area (Å²) in [4.78, 5) is 11.8. The fraction of sp³-hybridized carbons (Fsp3) is 0.900. The van der Waals surface area contributed by atoms with E-state index in [1.54, 1.807) is 20.8 Å². The van der Waals surface area contributed by atoms with Crippen LogP contribution < -0.4 is 10.6 Å². The molecule has 0 radical (unpaired) electrons. The number of alkyl halides is 3. The second-order valence-electron chi connectivity index (χ2n) is 5.05. The topological polar surface area (TPSA) is 41.1 Å². The van der Waals surface area contributed by atoms with E-state index in [1.165, 1.54) is 0 Å². The number of hydrogen-bond acceptors (Lipinski definition) is 3. The summed E-state index contributed by atoms with van der Waals surface area (Å²) in [5.41, 5.74) is -0.620. The van der Waals surface area contributed by atoms with Crippen LogP contribution in [0.4, 0.5) is 13.2 Å². The van der Waals surface area contributed by atoms with Crippen molar-refractivity contribution in [2.45, 2.75) is 45.6 Å². The highest BCUT2D eigenvalue weighted by molar-refractivity contribution is 5.88. The van der Waals surface area contributed by atoms with Gasteiger partial charge in [-0.25, -0.2) is 0 Å². The van der Waals surface area contributed by atoms with E-state index in [2.05, 4.69) is 10.6 Å². The molecule has 1 heterocycles. The van der Waals surface area contributed by atoms with Crippen LogP contribution in [-0.2, 0) is 4.79 Å². The van der Waals surface area contributed by atoms with Gasteiger partial charge in [0.1, 0.15) is 0 Å². The summed E-state index contributed by atoms with van der Waals surface area (Å²) in [6, 6.07) is -0.715. The van der Waals surface area contributed by atoms with Gasteiger partial charge in [-0.1, -0.05) is 20.8 Å². The van der Waals surface area contributed by atoms with Gasteiger partial charge >= 0.3 is 6.18 Å². The molecule has 0 saturated carbocycles. The molecule has 2 unspecified atom stereocenters. The highest BCUT2D eigenvalue weighted by Crippen LogP contribution is 2.24. The molecule has 0 bridgehead atoms. The maximum atomic E-state index is 12.4. The van der Waals surface area contributed by atoms with Gasteiger partial charge in [-0.15, -0.1) is 0 Å². The normalized spacial score (nSPS) is 27.9. The van der Waals surface area contributed by atoms with E-state index in [9.17, 15) is 18.0 Å². The average molecular weight is 238 g/mol. The van der Waals surface area contributed by atoms with Crippen LogP contribution in [0.5, 0.6) is 0 Å². The molecule has 0 aliphatic carbocycles. The first-order valence-corrected chi connectivity index (χ1v) is 5.23. The van der Waals surface area contributed by atoms with Crippen LogP contribution in [0.15, 0.2) is 0 Å². The SMILES string of the molecule is CC(C)(C)C(=O)C1CCNC(C(F)(F)F)N1. The summed E-state index contributed by atoms with van der Waals surface area (Å²) in [6.45, 7) is 5.33. The lowest BCUT2D eigenvalue weighted by Crippen LogP contribution is -2.63. The van der Waals surface area contributed by atoms with Crippen LogP contribution in [0.2, 0.25) is 0 Å². The van der Waals surface area contributed by atoms with Crippen LogP contribution in [0, 0.1) is 5.41 Å². The Balaban J connectivity index is 2.68. The molecule has 16 heavy (non-hydrogen) atoms. The number of rotatable bonds is 1. The molecule has 0 aromatic heterocycles. The number of ketones is 1. The van der Waals surface area contributed by atoms with Crippen molar-refractivity contribution in [1.29, 1.82) is 0 Å². The van der Waals surface area contributed by atoms with E-state index >= 15 is 0 Å². The Labute approximate surface area is 92.8 Å². The minimum Gasteiger partial charge on any atom is -0.297 e. The number of carbonyl (C=O) groups excluding carboxylic acids is 1. The van der Waals surface area contributed by atoms with Crippen molar-refractivity contribution in [3.05, 3.63) is 0 Å². The molecule has 0 spiro atoms. The third kappa shape index (κ3) is 3.18. The summed E-state index contributed by atoms with van der Waals surface area (Å²) in [5, 5.41) is 4.62. The predicted octanol–water partition coefficient (Wildman–Crippen LogP) is 1.44. The van der Waals surface area contributed by atoms with Gasteiger partial charge in [-0.3, -0.25) is 15.4 Å². The van der Waals surface area contributed by atoms with E-state index in [1.807, 2.05) is 0 Å². The van der Waals surface area contributed by atoms with Gasteiger partial charge < -0.3 is 0 Å². The van der Waals surface area contributed by atoms with Crippen molar-refractivity contribution in [2.24, 2.45) is 5.41 Å². The molecule has 2 N–H and O–H groups in total. The van der Waals surface area contributed by atoms with E-state index in [0.717, 1.165) is 0 Å². The summed E-state index contributed by atoms with van der Waals surface area (Å²) in [5.74, 6) is -0.178. The van der Waals surface area contributed by atoms with E-state index in [4.69, 9.17) is 0 Å². The molecule has 3 nitrogen and oxygen atoms in total. The molecule has 1 aliphatic rings.